The molecule has 0 saturated heterocycles. The van der Waals surface area contributed by atoms with Crippen LogP contribution >= 0.6 is 0 Å². The summed E-state index contributed by atoms with van der Waals surface area (Å²) in [7, 11) is 0. The second kappa shape index (κ2) is 3.76. The van der Waals surface area contributed by atoms with Crippen LogP contribution in [0.3, 0.4) is 0 Å². The molecule has 0 amide bonds. The molecule has 0 aliphatic rings. The average Bonchev–Trinajstić information content (AvgIpc) is 2.70. The minimum absolute atomic E-state index is 0.217. The van der Waals surface area contributed by atoms with E-state index in [1.807, 2.05) is 19.9 Å². The third kappa shape index (κ3) is 1.72. The maximum atomic E-state index is 13.7. The standard InChI is InChI=1S/C10H11FN4/c1-6(2)7-4-3-5-8(11)9(7)10-12-14-15-13-10/h3-6H,1-2H3,(H,12,13,14,15). The Morgan fingerprint density at radius 3 is 2.73 bits per heavy atom. The number of aromatic nitrogens is 4. The lowest BCUT2D eigenvalue weighted by molar-refractivity contribution is 0.626. The summed E-state index contributed by atoms with van der Waals surface area (Å²) >= 11 is 0. The number of benzene rings is 1. The highest BCUT2D eigenvalue weighted by molar-refractivity contribution is 5.61. The van der Waals surface area contributed by atoms with Gasteiger partial charge in [-0.1, -0.05) is 26.0 Å². The van der Waals surface area contributed by atoms with Gasteiger partial charge in [-0.2, -0.15) is 5.21 Å². The van der Waals surface area contributed by atoms with Gasteiger partial charge in [0.2, 0.25) is 5.82 Å². The fourth-order valence-corrected chi connectivity index (χ4v) is 1.53. The minimum Gasteiger partial charge on any atom is -0.206 e. The molecule has 2 rings (SSSR count). The van der Waals surface area contributed by atoms with E-state index in [9.17, 15) is 4.39 Å². The number of tetrazole rings is 1. The zero-order chi connectivity index (χ0) is 10.8. The molecule has 0 saturated carbocycles. The fraction of sp³-hybridized carbons (Fsp3) is 0.300. The molecule has 2 aromatic rings. The van der Waals surface area contributed by atoms with Crippen LogP contribution in [0.5, 0.6) is 0 Å². The molecule has 15 heavy (non-hydrogen) atoms. The van der Waals surface area contributed by atoms with E-state index in [1.54, 1.807) is 6.07 Å². The van der Waals surface area contributed by atoms with Crippen molar-refractivity contribution in [3.63, 3.8) is 0 Å². The summed E-state index contributed by atoms with van der Waals surface area (Å²) in [5.41, 5.74) is 1.32. The quantitative estimate of drug-likeness (QED) is 0.818. The summed E-state index contributed by atoms with van der Waals surface area (Å²) in [5.74, 6) is 0.202. The van der Waals surface area contributed by atoms with Gasteiger partial charge >= 0.3 is 0 Å². The van der Waals surface area contributed by atoms with Crippen molar-refractivity contribution in [1.29, 1.82) is 0 Å². The van der Waals surface area contributed by atoms with Gasteiger partial charge in [-0.05, 0) is 22.8 Å². The summed E-state index contributed by atoms with van der Waals surface area (Å²) in [6, 6.07) is 4.96. The fourth-order valence-electron chi connectivity index (χ4n) is 1.53. The van der Waals surface area contributed by atoms with Gasteiger partial charge in [0.15, 0.2) is 0 Å². The molecule has 0 unspecified atom stereocenters. The monoisotopic (exact) mass is 206 g/mol. The first kappa shape index (κ1) is 9.76. The Bertz CT molecular complexity index is 450. The average molecular weight is 206 g/mol. The highest BCUT2D eigenvalue weighted by Crippen LogP contribution is 2.28. The molecule has 4 nitrogen and oxygen atoms in total. The molecular formula is C10H11FN4. The molecule has 1 aromatic carbocycles. The van der Waals surface area contributed by atoms with E-state index < -0.39 is 0 Å². The number of nitrogens with one attached hydrogen (secondary N) is 1. The van der Waals surface area contributed by atoms with E-state index in [1.165, 1.54) is 6.07 Å². The van der Waals surface area contributed by atoms with Gasteiger partial charge in [0.25, 0.3) is 0 Å². The van der Waals surface area contributed by atoms with Crippen LogP contribution < -0.4 is 0 Å². The van der Waals surface area contributed by atoms with Crippen LogP contribution in [0.4, 0.5) is 4.39 Å². The number of H-pyrrole nitrogens is 1. The van der Waals surface area contributed by atoms with Crippen LogP contribution in [0.1, 0.15) is 25.3 Å². The Labute approximate surface area is 86.5 Å². The van der Waals surface area contributed by atoms with Crippen LogP contribution in [0.15, 0.2) is 18.2 Å². The first-order valence-corrected chi connectivity index (χ1v) is 4.72. The molecule has 0 atom stereocenters. The first-order valence-electron chi connectivity index (χ1n) is 4.72. The SMILES string of the molecule is CC(C)c1cccc(F)c1-c1nn[nH]n1. The van der Waals surface area contributed by atoms with E-state index in [0.717, 1.165) is 5.56 Å². The summed E-state index contributed by atoms with van der Waals surface area (Å²) < 4.78 is 13.7. The third-order valence-corrected chi connectivity index (χ3v) is 2.24. The van der Waals surface area contributed by atoms with Crippen molar-refractivity contribution in [2.75, 3.05) is 0 Å². The number of hydrogen-bond donors (Lipinski definition) is 1. The van der Waals surface area contributed by atoms with Crippen LogP contribution in [0, 0.1) is 5.82 Å². The normalized spacial score (nSPS) is 10.9. The molecular weight excluding hydrogens is 195 g/mol. The Balaban J connectivity index is 2.63. The van der Waals surface area contributed by atoms with Crippen molar-refractivity contribution < 1.29 is 4.39 Å². The molecule has 5 heteroatoms. The number of hydrogen-bond acceptors (Lipinski definition) is 3. The van der Waals surface area contributed by atoms with E-state index in [4.69, 9.17) is 0 Å². The lowest BCUT2D eigenvalue weighted by Crippen LogP contribution is -1.97. The van der Waals surface area contributed by atoms with Crippen LogP contribution in [0.2, 0.25) is 0 Å². The molecule has 1 heterocycles. The first-order chi connectivity index (χ1) is 7.20. The van der Waals surface area contributed by atoms with Crippen molar-refractivity contribution in [1.82, 2.24) is 20.6 Å². The van der Waals surface area contributed by atoms with E-state index in [0.29, 0.717) is 11.4 Å². The van der Waals surface area contributed by atoms with Gasteiger partial charge in [0.05, 0.1) is 5.56 Å². The molecule has 0 spiro atoms. The van der Waals surface area contributed by atoms with Crippen LogP contribution in [-0.2, 0) is 0 Å². The van der Waals surface area contributed by atoms with Crippen molar-refractivity contribution in [2.45, 2.75) is 19.8 Å². The zero-order valence-corrected chi connectivity index (χ0v) is 8.53. The lowest BCUT2D eigenvalue weighted by atomic mass is 9.96. The highest BCUT2D eigenvalue weighted by atomic mass is 19.1. The minimum atomic E-state index is -0.317. The number of nitrogens with zero attached hydrogens (tertiary/aromatic N) is 3. The maximum absolute atomic E-state index is 13.7. The zero-order valence-electron chi connectivity index (χ0n) is 8.53. The molecule has 0 aliphatic carbocycles. The second-order valence-corrected chi connectivity index (χ2v) is 3.59. The maximum Gasteiger partial charge on any atom is 0.207 e. The Hall–Kier alpha value is -1.78. The Morgan fingerprint density at radius 2 is 2.13 bits per heavy atom. The van der Waals surface area contributed by atoms with Gasteiger partial charge in [-0.25, -0.2) is 4.39 Å². The van der Waals surface area contributed by atoms with E-state index in [2.05, 4.69) is 20.6 Å². The Morgan fingerprint density at radius 1 is 1.33 bits per heavy atom. The van der Waals surface area contributed by atoms with Gasteiger partial charge in [0, 0.05) is 0 Å². The van der Waals surface area contributed by atoms with E-state index in [-0.39, 0.29) is 11.7 Å². The van der Waals surface area contributed by atoms with Gasteiger partial charge in [0.1, 0.15) is 5.82 Å². The number of aromatic amines is 1. The molecule has 0 bridgehead atoms. The topological polar surface area (TPSA) is 54.5 Å². The van der Waals surface area contributed by atoms with Gasteiger partial charge in [-0.3, -0.25) is 0 Å². The number of rotatable bonds is 2. The molecule has 78 valence electrons. The molecule has 1 N–H and O–H groups in total. The van der Waals surface area contributed by atoms with Gasteiger partial charge < -0.3 is 0 Å². The molecule has 0 aliphatic heterocycles. The summed E-state index contributed by atoms with van der Waals surface area (Å²) in [4.78, 5) is 0. The third-order valence-electron chi connectivity index (χ3n) is 2.24. The summed E-state index contributed by atoms with van der Waals surface area (Å²) in [6.07, 6.45) is 0. The summed E-state index contributed by atoms with van der Waals surface area (Å²) in [6.45, 7) is 4.00. The number of halogens is 1. The van der Waals surface area contributed by atoms with Crippen molar-refractivity contribution in [3.8, 4) is 11.4 Å². The predicted molar refractivity (Wildman–Crippen MR) is 53.7 cm³/mol. The molecule has 1 aromatic heterocycles. The van der Waals surface area contributed by atoms with Crippen LogP contribution in [0.25, 0.3) is 11.4 Å². The highest BCUT2D eigenvalue weighted by Gasteiger charge is 2.16. The predicted octanol–water partition coefficient (Wildman–Crippen LogP) is 2.13. The van der Waals surface area contributed by atoms with Crippen molar-refractivity contribution in [2.24, 2.45) is 0 Å². The second-order valence-electron chi connectivity index (χ2n) is 3.59. The van der Waals surface area contributed by atoms with Gasteiger partial charge in [-0.15, -0.1) is 10.2 Å². The summed E-state index contributed by atoms with van der Waals surface area (Å²) in [5, 5.41) is 13.4. The smallest absolute Gasteiger partial charge is 0.206 e. The molecule has 0 fully saturated rings. The van der Waals surface area contributed by atoms with E-state index >= 15 is 0 Å². The van der Waals surface area contributed by atoms with Crippen molar-refractivity contribution >= 4 is 0 Å². The largest absolute Gasteiger partial charge is 0.207 e. The molecule has 0 radical (unpaired) electrons. The van der Waals surface area contributed by atoms with Crippen molar-refractivity contribution in [3.05, 3.63) is 29.6 Å². The Kier molecular flexibility index (Phi) is 2.45. The van der Waals surface area contributed by atoms with Crippen LogP contribution in [-0.4, -0.2) is 20.6 Å². The lowest BCUT2D eigenvalue weighted by Gasteiger charge is -2.10.